The van der Waals surface area contributed by atoms with E-state index in [2.05, 4.69) is 4.74 Å². The highest BCUT2D eigenvalue weighted by Gasteiger charge is 2.34. The molecule has 15 heavy (non-hydrogen) atoms. The summed E-state index contributed by atoms with van der Waals surface area (Å²) in [6.07, 6.45) is -4.81. The minimum atomic E-state index is -4.81. The molecule has 0 aliphatic carbocycles. The van der Waals surface area contributed by atoms with Gasteiger partial charge < -0.3 is 4.74 Å². The number of carbonyl (C=O) groups excluding carboxylic acids is 1. The molecule has 0 saturated heterocycles. The average Bonchev–Trinajstić information content (AvgIpc) is 2.05. The van der Waals surface area contributed by atoms with Crippen molar-refractivity contribution in [3.05, 3.63) is 29.6 Å². The molecular formula is C9H6F4O2. The molecule has 0 aromatic heterocycles. The molecule has 0 atom stereocenters. The minimum absolute atomic E-state index is 0.337. The lowest BCUT2D eigenvalue weighted by molar-refractivity contribution is -0.140. The molecule has 0 radical (unpaired) electrons. The summed E-state index contributed by atoms with van der Waals surface area (Å²) >= 11 is 0. The van der Waals surface area contributed by atoms with Gasteiger partial charge in [-0.05, 0) is 18.2 Å². The van der Waals surface area contributed by atoms with Gasteiger partial charge in [0, 0.05) is 6.92 Å². The highest BCUT2D eigenvalue weighted by molar-refractivity contribution is 5.69. The Kier molecular flexibility index (Phi) is 2.97. The van der Waals surface area contributed by atoms with Gasteiger partial charge in [-0.25, -0.2) is 4.39 Å². The van der Waals surface area contributed by atoms with Crippen LogP contribution >= 0.6 is 0 Å². The van der Waals surface area contributed by atoms with Crippen LogP contribution in [0.4, 0.5) is 17.6 Å². The molecule has 0 bridgehead atoms. The highest BCUT2D eigenvalue weighted by atomic mass is 19.4. The van der Waals surface area contributed by atoms with Gasteiger partial charge in [0.1, 0.15) is 11.6 Å². The molecule has 0 aliphatic rings. The second kappa shape index (κ2) is 3.88. The zero-order valence-electron chi connectivity index (χ0n) is 7.56. The summed E-state index contributed by atoms with van der Waals surface area (Å²) in [4.78, 5) is 10.5. The van der Waals surface area contributed by atoms with E-state index < -0.39 is 23.5 Å². The molecule has 0 aliphatic heterocycles. The minimum Gasteiger partial charge on any atom is -0.427 e. The van der Waals surface area contributed by atoms with E-state index in [0.717, 1.165) is 13.0 Å². The number of hydrogen-bond acceptors (Lipinski definition) is 2. The van der Waals surface area contributed by atoms with E-state index >= 15 is 0 Å². The predicted molar refractivity (Wildman–Crippen MR) is 42.7 cm³/mol. The Morgan fingerprint density at radius 3 is 2.40 bits per heavy atom. The second-order valence-corrected chi connectivity index (χ2v) is 2.73. The van der Waals surface area contributed by atoms with Crippen LogP contribution in [0, 0.1) is 5.82 Å². The topological polar surface area (TPSA) is 26.3 Å². The number of hydrogen-bond donors (Lipinski definition) is 0. The number of esters is 1. The van der Waals surface area contributed by atoms with Crippen LogP contribution in [-0.2, 0) is 11.0 Å². The summed E-state index contributed by atoms with van der Waals surface area (Å²) in [5.74, 6) is -2.51. The summed E-state index contributed by atoms with van der Waals surface area (Å²) in [5.41, 5.74) is -1.46. The van der Waals surface area contributed by atoms with Crippen molar-refractivity contribution >= 4 is 5.97 Å². The predicted octanol–water partition coefficient (Wildman–Crippen LogP) is 2.77. The molecule has 82 valence electrons. The van der Waals surface area contributed by atoms with Gasteiger partial charge in [0.2, 0.25) is 0 Å². The number of ether oxygens (including phenoxy) is 1. The lowest BCUT2D eigenvalue weighted by Gasteiger charge is -2.09. The van der Waals surface area contributed by atoms with E-state index in [4.69, 9.17) is 0 Å². The molecule has 0 fully saturated rings. The third-order valence-corrected chi connectivity index (χ3v) is 1.50. The second-order valence-electron chi connectivity index (χ2n) is 2.73. The Labute approximate surface area is 82.5 Å². The molecule has 0 amide bonds. The van der Waals surface area contributed by atoms with Crippen molar-refractivity contribution in [3.63, 3.8) is 0 Å². The Bertz CT molecular complexity index is 384. The molecule has 1 aromatic rings. The van der Waals surface area contributed by atoms with Crippen molar-refractivity contribution in [1.29, 1.82) is 0 Å². The lowest BCUT2D eigenvalue weighted by Crippen LogP contribution is -2.09. The number of alkyl halides is 3. The molecule has 0 unspecified atom stereocenters. The summed E-state index contributed by atoms with van der Waals surface area (Å²) in [6.45, 7) is 1.04. The van der Waals surface area contributed by atoms with Crippen LogP contribution in [-0.4, -0.2) is 5.97 Å². The summed E-state index contributed by atoms with van der Waals surface area (Å²) in [6, 6.07) is 1.99. The summed E-state index contributed by atoms with van der Waals surface area (Å²) in [7, 11) is 0. The molecule has 1 aromatic carbocycles. The monoisotopic (exact) mass is 222 g/mol. The van der Waals surface area contributed by atoms with Crippen LogP contribution in [0.5, 0.6) is 5.75 Å². The molecule has 1 rings (SSSR count). The number of rotatable bonds is 1. The van der Waals surface area contributed by atoms with Crippen LogP contribution < -0.4 is 4.74 Å². The Morgan fingerprint density at radius 1 is 1.33 bits per heavy atom. The third-order valence-electron chi connectivity index (χ3n) is 1.50. The first-order valence-electron chi connectivity index (χ1n) is 3.86. The first-order chi connectivity index (χ1) is 6.80. The van der Waals surface area contributed by atoms with Gasteiger partial charge in [0.15, 0.2) is 0 Å². The number of benzene rings is 1. The quantitative estimate of drug-likeness (QED) is 0.415. The van der Waals surface area contributed by atoms with E-state index in [-0.39, 0.29) is 5.75 Å². The number of carbonyl (C=O) groups is 1. The van der Waals surface area contributed by atoms with Crippen molar-refractivity contribution in [1.82, 2.24) is 0 Å². The first kappa shape index (κ1) is 11.5. The fourth-order valence-electron chi connectivity index (χ4n) is 0.951. The lowest BCUT2D eigenvalue weighted by atomic mass is 10.2. The molecule has 0 saturated carbocycles. The maximum atomic E-state index is 12.7. The van der Waals surface area contributed by atoms with Gasteiger partial charge in [-0.2, -0.15) is 13.2 Å². The van der Waals surface area contributed by atoms with Crippen molar-refractivity contribution in [2.75, 3.05) is 0 Å². The SMILES string of the molecule is CC(=O)Oc1ccc(F)c(C(F)(F)F)c1. The summed E-state index contributed by atoms with van der Waals surface area (Å²) < 4.78 is 53.7. The Hall–Kier alpha value is -1.59. The van der Waals surface area contributed by atoms with E-state index in [1.165, 1.54) is 0 Å². The Morgan fingerprint density at radius 2 is 1.93 bits per heavy atom. The fourth-order valence-corrected chi connectivity index (χ4v) is 0.951. The van der Waals surface area contributed by atoms with Gasteiger partial charge in [-0.15, -0.1) is 0 Å². The fraction of sp³-hybridized carbons (Fsp3) is 0.222. The highest BCUT2D eigenvalue weighted by Crippen LogP contribution is 2.33. The van der Waals surface area contributed by atoms with Crippen LogP contribution in [0.1, 0.15) is 12.5 Å². The smallest absolute Gasteiger partial charge is 0.419 e. The van der Waals surface area contributed by atoms with Gasteiger partial charge in [0.05, 0.1) is 5.56 Å². The van der Waals surface area contributed by atoms with Crippen LogP contribution in [0.25, 0.3) is 0 Å². The first-order valence-corrected chi connectivity index (χ1v) is 3.86. The molecule has 2 nitrogen and oxygen atoms in total. The van der Waals surface area contributed by atoms with E-state index in [0.29, 0.717) is 12.1 Å². The van der Waals surface area contributed by atoms with Gasteiger partial charge >= 0.3 is 12.1 Å². The van der Waals surface area contributed by atoms with E-state index in [9.17, 15) is 22.4 Å². The maximum absolute atomic E-state index is 12.7. The van der Waals surface area contributed by atoms with E-state index in [1.54, 1.807) is 0 Å². The van der Waals surface area contributed by atoms with Crippen LogP contribution in [0.2, 0.25) is 0 Å². The van der Waals surface area contributed by atoms with Crippen molar-refractivity contribution in [2.45, 2.75) is 13.1 Å². The maximum Gasteiger partial charge on any atom is 0.419 e. The molecular weight excluding hydrogens is 216 g/mol. The van der Waals surface area contributed by atoms with Crippen molar-refractivity contribution in [2.24, 2.45) is 0 Å². The van der Waals surface area contributed by atoms with E-state index in [1.807, 2.05) is 0 Å². The normalized spacial score (nSPS) is 11.3. The summed E-state index contributed by atoms with van der Waals surface area (Å²) in [5, 5.41) is 0. The molecule has 0 heterocycles. The zero-order chi connectivity index (χ0) is 11.6. The molecule has 0 spiro atoms. The van der Waals surface area contributed by atoms with Crippen LogP contribution in [0.3, 0.4) is 0 Å². The van der Waals surface area contributed by atoms with Crippen molar-refractivity contribution in [3.8, 4) is 5.75 Å². The largest absolute Gasteiger partial charge is 0.427 e. The zero-order valence-corrected chi connectivity index (χ0v) is 7.56. The van der Waals surface area contributed by atoms with Crippen molar-refractivity contribution < 1.29 is 27.1 Å². The van der Waals surface area contributed by atoms with Gasteiger partial charge in [0.25, 0.3) is 0 Å². The standard InChI is InChI=1S/C9H6F4O2/c1-5(14)15-6-2-3-8(10)7(4-6)9(11,12)13/h2-4H,1H3. The third kappa shape index (κ3) is 2.93. The Balaban J connectivity index is 3.11. The molecule has 0 N–H and O–H groups in total. The van der Waals surface area contributed by atoms with Crippen LogP contribution in [0.15, 0.2) is 18.2 Å². The molecule has 6 heteroatoms. The van der Waals surface area contributed by atoms with Gasteiger partial charge in [-0.3, -0.25) is 4.79 Å². The van der Waals surface area contributed by atoms with Gasteiger partial charge in [-0.1, -0.05) is 0 Å². The average molecular weight is 222 g/mol. The number of halogens is 4.